The zero-order valence-corrected chi connectivity index (χ0v) is 13.4. The predicted octanol–water partition coefficient (Wildman–Crippen LogP) is 3.37. The molecule has 4 rings (SSSR count). The average Bonchev–Trinajstić information content (AvgIpc) is 3.05. The summed E-state index contributed by atoms with van der Waals surface area (Å²) in [5.41, 5.74) is 8.34. The van der Waals surface area contributed by atoms with Crippen LogP contribution in [0.3, 0.4) is 0 Å². The second-order valence-electron chi connectivity index (χ2n) is 5.06. The van der Waals surface area contributed by atoms with Crippen molar-refractivity contribution in [2.45, 2.75) is 6.61 Å². The monoisotopic (exact) mass is 335 g/mol. The Kier molecular flexibility index (Phi) is 3.76. The first-order valence-electron chi connectivity index (χ1n) is 7.31. The van der Waals surface area contributed by atoms with Crippen LogP contribution >= 0.6 is 11.3 Å². The summed E-state index contributed by atoms with van der Waals surface area (Å²) in [6, 6.07) is 13.5. The molecule has 0 atom stereocenters. The van der Waals surface area contributed by atoms with Crippen LogP contribution in [0, 0.1) is 0 Å². The fourth-order valence-corrected chi connectivity index (χ4v) is 3.38. The molecule has 2 N–H and O–H groups in total. The highest BCUT2D eigenvalue weighted by Crippen LogP contribution is 2.32. The van der Waals surface area contributed by atoms with Crippen LogP contribution in [0.25, 0.3) is 21.1 Å². The maximum absolute atomic E-state index is 6.02. The zero-order chi connectivity index (χ0) is 16.4. The lowest BCUT2D eigenvalue weighted by Gasteiger charge is -1.99. The number of pyridine rings is 2. The number of thiazole rings is 1. The summed E-state index contributed by atoms with van der Waals surface area (Å²) in [6.45, 7) is 0.274. The Morgan fingerprint density at radius 2 is 2.00 bits per heavy atom. The van der Waals surface area contributed by atoms with Crippen molar-refractivity contribution < 1.29 is 4.84 Å². The molecule has 0 spiro atoms. The van der Waals surface area contributed by atoms with Gasteiger partial charge in [-0.1, -0.05) is 29.4 Å². The summed E-state index contributed by atoms with van der Waals surface area (Å²) in [7, 11) is 0. The number of rotatable bonds is 4. The van der Waals surface area contributed by atoms with Gasteiger partial charge in [-0.25, -0.2) is 9.97 Å². The van der Waals surface area contributed by atoms with Crippen LogP contribution in [0.2, 0.25) is 0 Å². The molecule has 0 fully saturated rings. The largest absolute Gasteiger partial charge is 0.388 e. The third kappa shape index (κ3) is 2.77. The van der Waals surface area contributed by atoms with Crippen molar-refractivity contribution in [3.8, 4) is 0 Å². The minimum Gasteiger partial charge on any atom is -0.388 e. The van der Waals surface area contributed by atoms with E-state index < -0.39 is 0 Å². The minimum absolute atomic E-state index is 0.274. The Labute approximate surface area is 141 Å². The molecule has 0 aliphatic heterocycles. The normalized spacial score (nSPS) is 11.5. The number of benzene rings is 1. The van der Waals surface area contributed by atoms with E-state index >= 15 is 0 Å². The van der Waals surface area contributed by atoms with Crippen LogP contribution in [0.1, 0.15) is 10.7 Å². The smallest absolute Gasteiger partial charge is 0.168 e. The van der Waals surface area contributed by atoms with E-state index in [2.05, 4.69) is 20.1 Å². The molecule has 7 heteroatoms. The van der Waals surface area contributed by atoms with Crippen LogP contribution in [0.15, 0.2) is 53.8 Å². The number of nitrogens with zero attached hydrogens (tertiary/aromatic N) is 4. The Morgan fingerprint density at radius 1 is 1.12 bits per heavy atom. The molecule has 4 aromatic rings. The van der Waals surface area contributed by atoms with E-state index in [4.69, 9.17) is 10.6 Å². The van der Waals surface area contributed by atoms with Crippen LogP contribution in [0.4, 0.5) is 5.82 Å². The van der Waals surface area contributed by atoms with Gasteiger partial charge in [0.15, 0.2) is 12.4 Å². The molecular weight excluding hydrogens is 322 g/mol. The highest BCUT2D eigenvalue weighted by atomic mass is 32.1. The van der Waals surface area contributed by atoms with Gasteiger partial charge in [0.25, 0.3) is 0 Å². The fraction of sp³-hybridized carbons (Fsp3) is 0.0588. The van der Waals surface area contributed by atoms with E-state index in [-0.39, 0.29) is 6.61 Å². The summed E-state index contributed by atoms with van der Waals surface area (Å²) < 4.78 is 1.02. The first-order chi connectivity index (χ1) is 11.8. The highest BCUT2D eigenvalue weighted by Gasteiger charge is 2.12. The van der Waals surface area contributed by atoms with E-state index in [9.17, 15) is 0 Å². The molecule has 0 bridgehead atoms. The van der Waals surface area contributed by atoms with Gasteiger partial charge in [-0.3, -0.25) is 4.98 Å². The highest BCUT2D eigenvalue weighted by molar-refractivity contribution is 7.19. The second kappa shape index (κ2) is 6.21. The van der Waals surface area contributed by atoms with Crippen molar-refractivity contribution in [1.82, 2.24) is 15.0 Å². The summed E-state index contributed by atoms with van der Waals surface area (Å²) in [5, 5.41) is 5.77. The molecule has 6 nitrogen and oxygen atoms in total. The molecular formula is C17H13N5OS. The molecule has 0 unspecified atom stereocenters. The number of nitrogens with two attached hydrogens (primary N) is 1. The van der Waals surface area contributed by atoms with Crippen molar-refractivity contribution in [2.75, 3.05) is 5.73 Å². The third-order valence-electron chi connectivity index (χ3n) is 3.44. The first-order valence-corrected chi connectivity index (χ1v) is 8.13. The summed E-state index contributed by atoms with van der Waals surface area (Å²) >= 11 is 1.54. The molecule has 0 saturated carbocycles. The van der Waals surface area contributed by atoms with Crippen molar-refractivity contribution >= 4 is 44.5 Å². The van der Waals surface area contributed by atoms with E-state index in [1.807, 2.05) is 42.5 Å². The lowest BCUT2D eigenvalue weighted by Crippen LogP contribution is -1.93. The Balaban J connectivity index is 1.58. The molecule has 0 saturated heterocycles. The Hall–Kier alpha value is -3.06. The van der Waals surface area contributed by atoms with Gasteiger partial charge in [0.2, 0.25) is 0 Å². The van der Waals surface area contributed by atoms with Crippen molar-refractivity contribution in [1.29, 1.82) is 0 Å². The van der Waals surface area contributed by atoms with Gasteiger partial charge in [0.1, 0.15) is 10.5 Å². The lowest BCUT2D eigenvalue weighted by atomic mass is 10.2. The number of hydrogen-bond donors (Lipinski definition) is 1. The zero-order valence-electron chi connectivity index (χ0n) is 12.6. The van der Waals surface area contributed by atoms with Gasteiger partial charge in [0.05, 0.1) is 22.1 Å². The van der Waals surface area contributed by atoms with Crippen LogP contribution in [0.5, 0.6) is 0 Å². The fourth-order valence-electron chi connectivity index (χ4n) is 2.36. The quantitative estimate of drug-likeness (QED) is 0.456. The lowest BCUT2D eigenvalue weighted by molar-refractivity contribution is 0.132. The Morgan fingerprint density at radius 3 is 2.88 bits per heavy atom. The number of para-hydroxylation sites is 1. The molecule has 0 aliphatic carbocycles. The number of anilines is 1. The molecule has 0 radical (unpaired) electrons. The van der Waals surface area contributed by atoms with Gasteiger partial charge in [-0.2, -0.15) is 0 Å². The van der Waals surface area contributed by atoms with Crippen LogP contribution in [-0.4, -0.2) is 21.2 Å². The van der Waals surface area contributed by atoms with Crippen molar-refractivity contribution in [3.63, 3.8) is 0 Å². The molecule has 3 heterocycles. The number of aromatic nitrogens is 3. The number of oxime groups is 1. The Bertz CT molecular complexity index is 1030. The molecule has 0 amide bonds. The molecule has 3 aromatic heterocycles. The molecule has 24 heavy (non-hydrogen) atoms. The van der Waals surface area contributed by atoms with Crippen molar-refractivity contribution in [2.24, 2.45) is 5.16 Å². The topological polar surface area (TPSA) is 86.3 Å². The first kappa shape index (κ1) is 14.5. The average molecular weight is 335 g/mol. The van der Waals surface area contributed by atoms with Gasteiger partial charge < -0.3 is 10.6 Å². The third-order valence-corrected chi connectivity index (χ3v) is 4.50. The summed E-state index contributed by atoms with van der Waals surface area (Å²) in [4.78, 5) is 18.4. The van der Waals surface area contributed by atoms with Gasteiger partial charge >= 0.3 is 0 Å². The SMILES string of the molecule is Nc1nc2ccccc2c2sc(CO/N=C/c3ccccn3)nc12. The van der Waals surface area contributed by atoms with Gasteiger partial charge in [-0.15, -0.1) is 11.3 Å². The predicted molar refractivity (Wildman–Crippen MR) is 96.0 cm³/mol. The molecule has 0 aliphatic rings. The molecule has 1 aromatic carbocycles. The standard InChI is InChI=1S/C17H13N5OS/c18-17-15-16(12-6-1-2-7-13(12)21-17)24-14(22-15)10-23-20-9-11-5-3-4-8-19-11/h1-9H,10H2,(H2,18,21)/b20-9+. The molecule has 118 valence electrons. The van der Waals surface area contributed by atoms with Gasteiger partial charge in [0, 0.05) is 11.6 Å². The van der Waals surface area contributed by atoms with Crippen LogP contribution < -0.4 is 5.73 Å². The maximum atomic E-state index is 6.02. The number of nitrogen functional groups attached to an aromatic ring is 1. The summed E-state index contributed by atoms with van der Waals surface area (Å²) in [6.07, 6.45) is 3.27. The van der Waals surface area contributed by atoms with E-state index in [1.54, 1.807) is 23.7 Å². The summed E-state index contributed by atoms with van der Waals surface area (Å²) in [5.74, 6) is 0.434. The van der Waals surface area contributed by atoms with E-state index in [1.165, 1.54) is 0 Å². The van der Waals surface area contributed by atoms with E-state index in [0.717, 1.165) is 26.3 Å². The van der Waals surface area contributed by atoms with Crippen LogP contribution in [-0.2, 0) is 11.4 Å². The van der Waals surface area contributed by atoms with Crippen molar-refractivity contribution in [3.05, 3.63) is 59.4 Å². The maximum Gasteiger partial charge on any atom is 0.168 e. The van der Waals surface area contributed by atoms with Gasteiger partial charge in [-0.05, 0) is 18.2 Å². The minimum atomic E-state index is 0.274. The number of hydrogen-bond acceptors (Lipinski definition) is 7. The number of fused-ring (bicyclic) bond motifs is 3. The second-order valence-corrected chi connectivity index (χ2v) is 6.15. The van der Waals surface area contributed by atoms with E-state index in [0.29, 0.717) is 11.3 Å².